The summed E-state index contributed by atoms with van der Waals surface area (Å²) in [5.41, 5.74) is 8.84. The Hall–Kier alpha value is -2.54. The van der Waals surface area contributed by atoms with Gasteiger partial charge in [-0.05, 0) is 24.5 Å². The number of nitrogens with two attached hydrogens (primary N) is 1. The third kappa shape index (κ3) is 2.11. The maximum atomic E-state index is 12.4. The van der Waals surface area contributed by atoms with Crippen LogP contribution in [0.5, 0.6) is 0 Å². The number of ether oxygens (including phenoxy) is 1. The fourth-order valence-corrected chi connectivity index (χ4v) is 3.08. The summed E-state index contributed by atoms with van der Waals surface area (Å²) in [4.78, 5) is 12.4. The molecule has 0 saturated heterocycles. The average Bonchev–Trinajstić information content (AvgIpc) is 2.47. The highest BCUT2D eigenvalue weighted by Gasteiger charge is 2.38. The van der Waals surface area contributed by atoms with Crippen molar-refractivity contribution in [2.75, 3.05) is 0 Å². The third-order valence-electron chi connectivity index (χ3n) is 4.10. The van der Waals surface area contributed by atoms with Crippen molar-refractivity contribution in [3.05, 3.63) is 58.2 Å². The Morgan fingerprint density at radius 1 is 1.33 bits per heavy atom. The summed E-state index contributed by atoms with van der Waals surface area (Å²) in [7, 11) is 0. The molecular weight excluding hydrogens is 264 g/mol. The molecule has 1 aliphatic heterocycles. The van der Waals surface area contributed by atoms with Crippen LogP contribution in [0.3, 0.4) is 0 Å². The van der Waals surface area contributed by atoms with Gasteiger partial charge in [0, 0.05) is 18.4 Å². The normalized spacial score (nSPS) is 21.7. The van der Waals surface area contributed by atoms with Crippen LogP contribution in [0, 0.1) is 18.3 Å². The van der Waals surface area contributed by atoms with Crippen molar-refractivity contribution >= 4 is 5.78 Å². The molecule has 1 aliphatic carbocycles. The topological polar surface area (TPSA) is 76.1 Å². The van der Waals surface area contributed by atoms with E-state index in [0.29, 0.717) is 29.7 Å². The second-order valence-electron chi connectivity index (χ2n) is 5.39. The molecule has 2 aliphatic rings. The summed E-state index contributed by atoms with van der Waals surface area (Å²) in [6.45, 7) is 1.98. The van der Waals surface area contributed by atoms with E-state index in [2.05, 4.69) is 6.07 Å². The number of aryl methyl sites for hydroxylation is 1. The van der Waals surface area contributed by atoms with Crippen LogP contribution in [0.25, 0.3) is 0 Å². The molecule has 0 fully saturated rings. The lowest BCUT2D eigenvalue weighted by atomic mass is 9.76. The van der Waals surface area contributed by atoms with Gasteiger partial charge in [0.25, 0.3) is 0 Å². The van der Waals surface area contributed by atoms with Crippen LogP contribution < -0.4 is 5.73 Å². The van der Waals surface area contributed by atoms with Crippen molar-refractivity contribution in [3.8, 4) is 6.07 Å². The Kier molecular flexibility index (Phi) is 3.26. The third-order valence-corrected chi connectivity index (χ3v) is 4.10. The number of nitriles is 1. The van der Waals surface area contributed by atoms with Crippen molar-refractivity contribution in [2.24, 2.45) is 5.73 Å². The van der Waals surface area contributed by atoms with Gasteiger partial charge >= 0.3 is 0 Å². The summed E-state index contributed by atoms with van der Waals surface area (Å²) >= 11 is 0. The molecule has 0 spiro atoms. The van der Waals surface area contributed by atoms with Gasteiger partial charge in [-0.1, -0.05) is 24.3 Å². The van der Waals surface area contributed by atoms with E-state index in [-0.39, 0.29) is 11.7 Å². The zero-order valence-electron chi connectivity index (χ0n) is 11.8. The molecule has 106 valence electrons. The van der Waals surface area contributed by atoms with Gasteiger partial charge in [-0.15, -0.1) is 0 Å². The monoisotopic (exact) mass is 280 g/mol. The van der Waals surface area contributed by atoms with Crippen molar-refractivity contribution in [1.29, 1.82) is 5.26 Å². The van der Waals surface area contributed by atoms with Gasteiger partial charge in [0.15, 0.2) is 5.78 Å². The minimum atomic E-state index is -0.396. The van der Waals surface area contributed by atoms with Gasteiger partial charge in [-0.3, -0.25) is 4.79 Å². The van der Waals surface area contributed by atoms with Crippen LogP contribution in [0.15, 0.2) is 47.1 Å². The molecular formula is C17H16N2O2. The van der Waals surface area contributed by atoms with E-state index >= 15 is 0 Å². The molecule has 0 radical (unpaired) electrons. The molecule has 1 heterocycles. The first-order valence-corrected chi connectivity index (χ1v) is 7.03. The molecule has 0 bridgehead atoms. The lowest BCUT2D eigenvalue weighted by Crippen LogP contribution is -2.27. The SMILES string of the molecule is Cc1ccccc1C1C(C#N)=C(N)OC2=C1C(=O)CCC2. The molecule has 1 unspecified atom stereocenters. The van der Waals surface area contributed by atoms with Crippen LogP contribution in [-0.4, -0.2) is 5.78 Å². The molecule has 3 rings (SSSR count). The van der Waals surface area contributed by atoms with Gasteiger partial charge in [0.1, 0.15) is 17.4 Å². The predicted octanol–water partition coefficient (Wildman–Crippen LogP) is 2.81. The Balaban J connectivity index is 2.23. The smallest absolute Gasteiger partial charge is 0.205 e. The van der Waals surface area contributed by atoms with Crippen LogP contribution in [0.4, 0.5) is 0 Å². The van der Waals surface area contributed by atoms with Crippen LogP contribution in [0.2, 0.25) is 0 Å². The highest BCUT2D eigenvalue weighted by molar-refractivity contribution is 5.99. The van der Waals surface area contributed by atoms with E-state index in [9.17, 15) is 10.1 Å². The van der Waals surface area contributed by atoms with Crippen molar-refractivity contribution in [2.45, 2.75) is 32.1 Å². The van der Waals surface area contributed by atoms with E-state index in [1.165, 1.54) is 0 Å². The number of hydrogen-bond donors (Lipinski definition) is 1. The zero-order valence-corrected chi connectivity index (χ0v) is 11.8. The molecule has 1 atom stereocenters. The summed E-state index contributed by atoms with van der Waals surface area (Å²) in [5.74, 6) is 0.424. The largest absolute Gasteiger partial charge is 0.444 e. The zero-order chi connectivity index (χ0) is 15.0. The Labute approximate surface area is 123 Å². The number of rotatable bonds is 1. The van der Waals surface area contributed by atoms with Gasteiger partial charge in [0.05, 0.1) is 5.92 Å². The molecule has 0 saturated carbocycles. The summed E-state index contributed by atoms with van der Waals surface area (Å²) in [5, 5.41) is 9.46. The second kappa shape index (κ2) is 5.10. The van der Waals surface area contributed by atoms with Gasteiger partial charge < -0.3 is 10.5 Å². The van der Waals surface area contributed by atoms with Crippen molar-refractivity contribution in [1.82, 2.24) is 0 Å². The summed E-state index contributed by atoms with van der Waals surface area (Å²) in [6.07, 6.45) is 1.97. The Morgan fingerprint density at radius 3 is 2.81 bits per heavy atom. The molecule has 4 nitrogen and oxygen atoms in total. The number of nitrogens with zero attached hydrogens (tertiary/aromatic N) is 1. The minimum Gasteiger partial charge on any atom is -0.444 e. The number of carbonyl (C=O) groups excluding carboxylic acids is 1. The van der Waals surface area contributed by atoms with Crippen molar-refractivity contribution in [3.63, 3.8) is 0 Å². The minimum absolute atomic E-state index is 0.0600. The summed E-state index contributed by atoms with van der Waals surface area (Å²) in [6, 6.07) is 9.90. The van der Waals surface area contributed by atoms with Crippen molar-refractivity contribution < 1.29 is 9.53 Å². The standard InChI is InChI=1S/C17H16N2O2/c1-10-5-2-3-6-11(10)15-12(9-18)17(19)21-14-8-4-7-13(20)16(14)15/h2-3,5-6,15H,4,7-8,19H2,1H3. The molecule has 1 aromatic rings. The number of ketones is 1. The lowest BCUT2D eigenvalue weighted by molar-refractivity contribution is -0.116. The highest BCUT2D eigenvalue weighted by atomic mass is 16.5. The van der Waals surface area contributed by atoms with E-state index in [1.807, 2.05) is 31.2 Å². The number of allylic oxidation sites excluding steroid dienone is 3. The first kappa shape index (κ1) is 13.4. The van der Waals surface area contributed by atoms with E-state index < -0.39 is 5.92 Å². The second-order valence-corrected chi connectivity index (χ2v) is 5.39. The predicted molar refractivity (Wildman–Crippen MR) is 77.7 cm³/mol. The number of hydrogen-bond acceptors (Lipinski definition) is 4. The average molecular weight is 280 g/mol. The molecule has 4 heteroatoms. The van der Waals surface area contributed by atoms with E-state index in [4.69, 9.17) is 10.5 Å². The quantitative estimate of drug-likeness (QED) is 0.858. The molecule has 0 aromatic heterocycles. The molecule has 1 aromatic carbocycles. The number of Topliss-reactive ketones (excluding diaryl/α,β-unsaturated/α-hetero) is 1. The highest BCUT2D eigenvalue weighted by Crippen LogP contribution is 2.43. The molecule has 2 N–H and O–H groups in total. The van der Waals surface area contributed by atoms with E-state index in [0.717, 1.165) is 17.5 Å². The number of benzene rings is 1. The van der Waals surface area contributed by atoms with Gasteiger partial charge in [-0.25, -0.2) is 0 Å². The number of carbonyl (C=O) groups is 1. The van der Waals surface area contributed by atoms with E-state index in [1.54, 1.807) is 0 Å². The summed E-state index contributed by atoms with van der Waals surface area (Å²) < 4.78 is 5.55. The van der Waals surface area contributed by atoms with Crippen LogP contribution in [0.1, 0.15) is 36.3 Å². The lowest BCUT2D eigenvalue weighted by Gasteiger charge is -2.31. The van der Waals surface area contributed by atoms with Crippen LogP contribution in [-0.2, 0) is 9.53 Å². The fourth-order valence-electron chi connectivity index (χ4n) is 3.08. The Morgan fingerprint density at radius 2 is 2.10 bits per heavy atom. The fraction of sp³-hybridized carbons (Fsp3) is 0.294. The maximum absolute atomic E-state index is 12.4. The molecule has 0 amide bonds. The maximum Gasteiger partial charge on any atom is 0.205 e. The first-order valence-electron chi connectivity index (χ1n) is 7.03. The van der Waals surface area contributed by atoms with Gasteiger partial charge in [0.2, 0.25) is 5.88 Å². The van der Waals surface area contributed by atoms with Crippen LogP contribution >= 0.6 is 0 Å². The van der Waals surface area contributed by atoms with Gasteiger partial charge in [-0.2, -0.15) is 5.26 Å². The Bertz CT molecular complexity index is 723. The first-order chi connectivity index (χ1) is 10.1. The molecule has 21 heavy (non-hydrogen) atoms.